The van der Waals surface area contributed by atoms with Crippen molar-refractivity contribution < 1.29 is 4.74 Å². The molecule has 0 bridgehead atoms. The minimum absolute atomic E-state index is 0.642. The van der Waals surface area contributed by atoms with E-state index in [1.54, 1.807) is 0 Å². The summed E-state index contributed by atoms with van der Waals surface area (Å²) in [7, 11) is 0. The van der Waals surface area contributed by atoms with Gasteiger partial charge in [0.1, 0.15) is 5.75 Å². The third-order valence-electron chi connectivity index (χ3n) is 3.45. The maximum atomic E-state index is 5.75. The zero-order valence-corrected chi connectivity index (χ0v) is 15.1. The van der Waals surface area contributed by atoms with Gasteiger partial charge in [0.25, 0.3) is 0 Å². The van der Waals surface area contributed by atoms with E-state index in [0.29, 0.717) is 5.92 Å². The Bertz CT molecular complexity index is 528. The Labute approximate surface area is 144 Å². The molecule has 2 aromatic rings. The summed E-state index contributed by atoms with van der Waals surface area (Å²) in [5.74, 6) is 1.60. The first-order valence-electron chi connectivity index (χ1n) is 7.27. The van der Waals surface area contributed by atoms with Crippen molar-refractivity contribution in [1.82, 2.24) is 0 Å². The van der Waals surface area contributed by atoms with Gasteiger partial charge in [-0.05, 0) is 48.9 Å². The first-order chi connectivity index (χ1) is 10.3. The van der Waals surface area contributed by atoms with Crippen LogP contribution in [0.3, 0.4) is 0 Å². The van der Waals surface area contributed by atoms with Crippen molar-refractivity contribution in [2.24, 2.45) is 5.92 Å². The summed E-state index contributed by atoms with van der Waals surface area (Å²) in [5.41, 5.74) is 1.38. The number of rotatable bonds is 8. The predicted octanol–water partition coefficient (Wildman–Crippen LogP) is 5.86. The molecule has 0 aliphatic carbocycles. The Morgan fingerprint density at radius 2 is 1.67 bits per heavy atom. The molecule has 2 aromatic carbocycles. The van der Waals surface area contributed by atoms with Crippen LogP contribution in [0.2, 0.25) is 0 Å². The van der Waals surface area contributed by atoms with Gasteiger partial charge in [-0.25, -0.2) is 0 Å². The van der Waals surface area contributed by atoms with Gasteiger partial charge in [-0.3, -0.25) is 0 Å². The second-order valence-corrected chi connectivity index (χ2v) is 6.62. The number of alkyl halides is 1. The van der Waals surface area contributed by atoms with E-state index >= 15 is 0 Å². The summed E-state index contributed by atoms with van der Waals surface area (Å²) in [6.45, 7) is 0.781. The molecule has 112 valence electrons. The van der Waals surface area contributed by atoms with Crippen LogP contribution in [0.1, 0.15) is 18.4 Å². The number of benzene rings is 2. The van der Waals surface area contributed by atoms with E-state index in [1.165, 1.54) is 16.5 Å². The molecule has 3 heteroatoms. The van der Waals surface area contributed by atoms with Crippen LogP contribution in [0.15, 0.2) is 59.1 Å². The lowest BCUT2D eigenvalue weighted by Crippen LogP contribution is -2.09. The lowest BCUT2D eigenvalue weighted by Gasteiger charge is -2.15. The molecule has 0 aromatic heterocycles. The molecule has 0 radical (unpaired) electrons. The molecule has 2 rings (SSSR count). The Morgan fingerprint density at radius 3 is 2.38 bits per heavy atom. The second kappa shape index (κ2) is 9.26. The van der Waals surface area contributed by atoms with Gasteiger partial charge in [0.2, 0.25) is 0 Å². The van der Waals surface area contributed by atoms with Crippen molar-refractivity contribution in [1.29, 1.82) is 0 Å². The molecular weight excluding hydrogens is 392 g/mol. The molecule has 0 N–H and O–H groups in total. The normalized spacial score (nSPS) is 12.1. The third kappa shape index (κ3) is 5.84. The number of halogens is 2. The van der Waals surface area contributed by atoms with Crippen LogP contribution in [-0.2, 0) is 6.42 Å². The van der Waals surface area contributed by atoms with Gasteiger partial charge in [0.15, 0.2) is 0 Å². The standard InChI is InChI=1S/C18H20Br2O/c19-14-15(13-16-8-4-5-11-18(16)20)7-6-12-21-17-9-2-1-3-10-17/h1-5,8-11,15H,6-7,12-14H2. The van der Waals surface area contributed by atoms with Crippen molar-refractivity contribution in [3.63, 3.8) is 0 Å². The van der Waals surface area contributed by atoms with Gasteiger partial charge >= 0.3 is 0 Å². The lowest BCUT2D eigenvalue weighted by molar-refractivity contribution is 0.295. The maximum absolute atomic E-state index is 5.75. The number of ether oxygens (including phenoxy) is 1. The largest absolute Gasteiger partial charge is 0.494 e. The van der Waals surface area contributed by atoms with Crippen LogP contribution < -0.4 is 4.74 Å². The molecule has 0 saturated carbocycles. The van der Waals surface area contributed by atoms with Crippen LogP contribution in [-0.4, -0.2) is 11.9 Å². The molecule has 21 heavy (non-hydrogen) atoms. The van der Waals surface area contributed by atoms with E-state index in [9.17, 15) is 0 Å². The van der Waals surface area contributed by atoms with Gasteiger partial charge in [-0.15, -0.1) is 0 Å². The van der Waals surface area contributed by atoms with E-state index in [0.717, 1.165) is 30.5 Å². The van der Waals surface area contributed by atoms with Gasteiger partial charge < -0.3 is 4.74 Å². The highest BCUT2D eigenvalue weighted by Gasteiger charge is 2.10. The van der Waals surface area contributed by atoms with Gasteiger partial charge in [0, 0.05) is 9.80 Å². The zero-order chi connectivity index (χ0) is 14.9. The Balaban J connectivity index is 1.74. The van der Waals surface area contributed by atoms with Gasteiger partial charge in [0.05, 0.1) is 6.61 Å². The molecule has 1 nitrogen and oxygen atoms in total. The van der Waals surface area contributed by atoms with Crippen molar-refractivity contribution in [2.45, 2.75) is 19.3 Å². The van der Waals surface area contributed by atoms with E-state index < -0.39 is 0 Å². The third-order valence-corrected chi connectivity index (χ3v) is 5.14. The zero-order valence-electron chi connectivity index (χ0n) is 12.0. The van der Waals surface area contributed by atoms with Crippen molar-refractivity contribution in [3.8, 4) is 5.75 Å². The van der Waals surface area contributed by atoms with E-state index in [2.05, 4.69) is 56.1 Å². The van der Waals surface area contributed by atoms with E-state index in [1.807, 2.05) is 30.3 Å². The quantitative estimate of drug-likeness (QED) is 0.390. The average Bonchev–Trinajstić information content (AvgIpc) is 2.53. The monoisotopic (exact) mass is 410 g/mol. The second-order valence-electron chi connectivity index (χ2n) is 5.12. The van der Waals surface area contributed by atoms with E-state index in [-0.39, 0.29) is 0 Å². The van der Waals surface area contributed by atoms with Crippen LogP contribution in [0, 0.1) is 5.92 Å². The van der Waals surface area contributed by atoms with Crippen LogP contribution in [0.25, 0.3) is 0 Å². The highest BCUT2D eigenvalue weighted by atomic mass is 79.9. The minimum atomic E-state index is 0.642. The summed E-state index contributed by atoms with van der Waals surface area (Å²) in [6, 6.07) is 18.5. The summed E-state index contributed by atoms with van der Waals surface area (Å²) in [6.07, 6.45) is 3.34. The fourth-order valence-electron chi connectivity index (χ4n) is 2.29. The molecule has 0 fully saturated rings. The van der Waals surface area contributed by atoms with Crippen LogP contribution in [0.5, 0.6) is 5.75 Å². The van der Waals surface area contributed by atoms with Gasteiger partial charge in [-0.1, -0.05) is 68.3 Å². The molecule has 0 spiro atoms. The maximum Gasteiger partial charge on any atom is 0.119 e. The molecular formula is C18H20Br2O. The van der Waals surface area contributed by atoms with E-state index in [4.69, 9.17) is 4.74 Å². The fourth-order valence-corrected chi connectivity index (χ4v) is 3.29. The lowest BCUT2D eigenvalue weighted by atomic mass is 9.97. The molecule has 0 amide bonds. The summed E-state index contributed by atoms with van der Waals surface area (Å²) in [5, 5.41) is 1.03. The molecule has 0 aliphatic heterocycles. The minimum Gasteiger partial charge on any atom is -0.494 e. The summed E-state index contributed by atoms with van der Waals surface area (Å²) < 4.78 is 6.96. The molecule has 0 aliphatic rings. The fraction of sp³-hybridized carbons (Fsp3) is 0.333. The number of para-hydroxylation sites is 1. The highest BCUT2D eigenvalue weighted by molar-refractivity contribution is 9.10. The highest BCUT2D eigenvalue weighted by Crippen LogP contribution is 2.23. The number of hydrogen-bond donors (Lipinski definition) is 0. The molecule has 1 atom stereocenters. The molecule has 1 unspecified atom stereocenters. The Morgan fingerprint density at radius 1 is 0.952 bits per heavy atom. The van der Waals surface area contributed by atoms with Crippen LogP contribution in [0.4, 0.5) is 0 Å². The Hall–Kier alpha value is -0.800. The van der Waals surface area contributed by atoms with Crippen molar-refractivity contribution >= 4 is 31.9 Å². The smallest absolute Gasteiger partial charge is 0.119 e. The number of hydrogen-bond acceptors (Lipinski definition) is 1. The van der Waals surface area contributed by atoms with Gasteiger partial charge in [-0.2, -0.15) is 0 Å². The Kier molecular flexibility index (Phi) is 7.31. The first kappa shape index (κ1) is 16.6. The SMILES string of the molecule is BrCC(CCCOc1ccccc1)Cc1ccccc1Br. The summed E-state index contributed by atoms with van der Waals surface area (Å²) >= 11 is 7.27. The van der Waals surface area contributed by atoms with Crippen molar-refractivity contribution in [3.05, 3.63) is 64.6 Å². The molecule has 0 saturated heterocycles. The van der Waals surface area contributed by atoms with Crippen LogP contribution >= 0.6 is 31.9 Å². The van der Waals surface area contributed by atoms with Crippen molar-refractivity contribution in [2.75, 3.05) is 11.9 Å². The average molecular weight is 412 g/mol. The first-order valence-corrected chi connectivity index (χ1v) is 9.18. The predicted molar refractivity (Wildman–Crippen MR) is 96.3 cm³/mol. The topological polar surface area (TPSA) is 9.23 Å². The molecule has 0 heterocycles. The summed E-state index contributed by atoms with van der Waals surface area (Å²) in [4.78, 5) is 0.